The quantitative estimate of drug-likeness (QED) is 0.333. The van der Waals surface area contributed by atoms with Gasteiger partial charge in [0.1, 0.15) is 11.8 Å². The van der Waals surface area contributed by atoms with Gasteiger partial charge in [0.05, 0.1) is 11.5 Å². The summed E-state index contributed by atoms with van der Waals surface area (Å²) in [5.41, 5.74) is 0.0952. The summed E-state index contributed by atoms with van der Waals surface area (Å²) in [7, 11) is 0. The van der Waals surface area contributed by atoms with Gasteiger partial charge in [0.25, 0.3) is 5.69 Å². The molecule has 6 heteroatoms. The molecule has 6 nitrogen and oxygen atoms in total. The Bertz CT molecular complexity index is 470. The minimum Gasteiger partial charge on any atom is -0.462 e. The smallest absolute Gasteiger partial charge is 0.345 e. The molecule has 0 N–H and O–H groups in total. The number of carbonyl (C=O) groups excluding carboxylic acids is 2. The fraction of sp³-hybridized carbons (Fsp3) is 0.333. The maximum atomic E-state index is 11.7. The molecule has 0 aliphatic rings. The first kappa shape index (κ1) is 13.8. The normalized spacial score (nSPS) is 9.83. The highest BCUT2D eigenvalue weighted by atomic mass is 16.6. The Balaban J connectivity index is 3.24. The zero-order valence-corrected chi connectivity index (χ0v) is 9.92. The van der Waals surface area contributed by atoms with Gasteiger partial charge in [-0.1, -0.05) is 12.1 Å². The summed E-state index contributed by atoms with van der Waals surface area (Å²) in [6.45, 7) is 1.76. The third-order valence-electron chi connectivity index (χ3n) is 2.34. The number of rotatable bonds is 6. The van der Waals surface area contributed by atoms with Gasteiger partial charge in [0.2, 0.25) is 0 Å². The number of nitro groups is 1. The van der Waals surface area contributed by atoms with Gasteiger partial charge < -0.3 is 9.53 Å². The third kappa shape index (κ3) is 3.13. The molecular weight excluding hydrogens is 238 g/mol. The van der Waals surface area contributed by atoms with E-state index in [-0.39, 0.29) is 30.7 Å². The summed E-state index contributed by atoms with van der Waals surface area (Å²) in [6, 6.07) is 4.32. The Hall–Kier alpha value is -2.24. The Morgan fingerprint density at radius 2 is 2.22 bits per heavy atom. The summed E-state index contributed by atoms with van der Waals surface area (Å²) < 4.78 is 4.81. The van der Waals surface area contributed by atoms with Crippen LogP contribution in [0.15, 0.2) is 18.2 Å². The molecule has 1 rings (SSSR count). The van der Waals surface area contributed by atoms with Crippen LogP contribution in [0, 0.1) is 10.1 Å². The lowest BCUT2D eigenvalue weighted by Gasteiger charge is -2.08. The highest BCUT2D eigenvalue weighted by Gasteiger charge is 2.24. The molecule has 0 aliphatic heterocycles. The Morgan fingerprint density at radius 1 is 1.50 bits per heavy atom. The van der Waals surface area contributed by atoms with E-state index >= 15 is 0 Å². The molecule has 0 aliphatic carbocycles. The van der Waals surface area contributed by atoms with Crippen molar-refractivity contribution < 1.29 is 19.2 Å². The van der Waals surface area contributed by atoms with Crippen LogP contribution in [0.2, 0.25) is 0 Å². The highest BCUT2D eigenvalue weighted by Crippen LogP contribution is 2.24. The summed E-state index contributed by atoms with van der Waals surface area (Å²) >= 11 is 0. The largest absolute Gasteiger partial charge is 0.462 e. The van der Waals surface area contributed by atoms with Gasteiger partial charge >= 0.3 is 5.97 Å². The number of esters is 1. The highest BCUT2D eigenvalue weighted by molar-refractivity contribution is 5.95. The SMILES string of the molecule is CCOC(=O)c1c(CCC=O)cccc1[N+](=O)[O-]. The van der Waals surface area contributed by atoms with Crippen LogP contribution in [0.4, 0.5) is 5.69 Å². The zero-order chi connectivity index (χ0) is 13.5. The van der Waals surface area contributed by atoms with Crippen molar-refractivity contribution in [3.8, 4) is 0 Å². The lowest BCUT2D eigenvalue weighted by atomic mass is 10.0. The van der Waals surface area contributed by atoms with Crippen LogP contribution in [0.3, 0.4) is 0 Å². The lowest BCUT2D eigenvalue weighted by molar-refractivity contribution is -0.385. The third-order valence-corrected chi connectivity index (χ3v) is 2.34. The van der Waals surface area contributed by atoms with Crippen molar-refractivity contribution >= 4 is 17.9 Å². The predicted octanol–water partition coefficient (Wildman–Crippen LogP) is 1.90. The average Bonchev–Trinajstić information content (AvgIpc) is 2.35. The summed E-state index contributed by atoms with van der Waals surface area (Å²) in [5, 5.41) is 10.9. The predicted molar refractivity (Wildman–Crippen MR) is 63.4 cm³/mol. The molecule has 18 heavy (non-hydrogen) atoms. The van der Waals surface area contributed by atoms with Crippen molar-refractivity contribution in [1.29, 1.82) is 0 Å². The van der Waals surface area contributed by atoms with Crippen LogP contribution in [0.1, 0.15) is 29.3 Å². The molecule has 0 unspecified atom stereocenters. The number of hydrogen-bond donors (Lipinski definition) is 0. The second-order valence-corrected chi connectivity index (χ2v) is 3.49. The molecule has 0 saturated heterocycles. The molecule has 0 atom stereocenters. The van der Waals surface area contributed by atoms with Crippen LogP contribution < -0.4 is 0 Å². The number of carbonyl (C=O) groups is 2. The van der Waals surface area contributed by atoms with Crippen molar-refractivity contribution in [2.75, 3.05) is 6.61 Å². The molecule has 0 heterocycles. The summed E-state index contributed by atoms with van der Waals surface area (Å²) in [4.78, 5) is 32.3. The fourth-order valence-electron chi connectivity index (χ4n) is 1.60. The van der Waals surface area contributed by atoms with E-state index in [2.05, 4.69) is 0 Å². The van der Waals surface area contributed by atoms with Gasteiger partial charge in [0.15, 0.2) is 0 Å². The molecule has 1 aromatic carbocycles. The first-order valence-corrected chi connectivity index (χ1v) is 5.48. The molecular formula is C12H13NO5. The van der Waals surface area contributed by atoms with Crippen molar-refractivity contribution in [3.63, 3.8) is 0 Å². The molecule has 1 aromatic rings. The van der Waals surface area contributed by atoms with Gasteiger partial charge in [-0.05, 0) is 18.9 Å². The molecule has 0 amide bonds. The van der Waals surface area contributed by atoms with Crippen LogP contribution in [-0.4, -0.2) is 23.8 Å². The van der Waals surface area contributed by atoms with E-state index in [1.165, 1.54) is 12.1 Å². The first-order chi connectivity index (χ1) is 8.61. The van der Waals surface area contributed by atoms with Crippen LogP contribution in [-0.2, 0) is 16.0 Å². The van der Waals surface area contributed by atoms with Crippen molar-refractivity contribution in [2.45, 2.75) is 19.8 Å². The molecule has 0 bridgehead atoms. The molecule has 0 saturated carbocycles. The van der Waals surface area contributed by atoms with Crippen molar-refractivity contribution in [3.05, 3.63) is 39.4 Å². The van der Waals surface area contributed by atoms with E-state index in [4.69, 9.17) is 4.74 Å². The van der Waals surface area contributed by atoms with Crippen LogP contribution in [0.5, 0.6) is 0 Å². The number of nitro benzene ring substituents is 1. The number of hydrogen-bond acceptors (Lipinski definition) is 5. The van der Waals surface area contributed by atoms with Crippen molar-refractivity contribution in [2.24, 2.45) is 0 Å². The second-order valence-electron chi connectivity index (χ2n) is 3.49. The zero-order valence-electron chi connectivity index (χ0n) is 9.92. The fourth-order valence-corrected chi connectivity index (χ4v) is 1.60. The number of aryl methyl sites for hydroxylation is 1. The van der Waals surface area contributed by atoms with E-state index in [1.807, 2.05) is 0 Å². The molecule has 96 valence electrons. The van der Waals surface area contributed by atoms with E-state index in [9.17, 15) is 19.7 Å². The van der Waals surface area contributed by atoms with E-state index in [0.29, 0.717) is 11.8 Å². The van der Waals surface area contributed by atoms with E-state index < -0.39 is 10.9 Å². The maximum Gasteiger partial charge on any atom is 0.345 e. The first-order valence-electron chi connectivity index (χ1n) is 5.48. The standard InChI is InChI=1S/C12H13NO5/c1-2-18-12(15)11-9(6-4-8-14)5-3-7-10(11)13(16)17/h3,5,7-8H,2,4,6H2,1H3. The van der Waals surface area contributed by atoms with Gasteiger partial charge in [-0.25, -0.2) is 4.79 Å². The van der Waals surface area contributed by atoms with Gasteiger partial charge in [-0.3, -0.25) is 10.1 Å². The number of aldehydes is 1. The van der Waals surface area contributed by atoms with Crippen LogP contribution in [0.25, 0.3) is 0 Å². The monoisotopic (exact) mass is 251 g/mol. The van der Waals surface area contributed by atoms with Gasteiger partial charge in [-0.15, -0.1) is 0 Å². The Labute approximate surface area is 104 Å². The lowest BCUT2D eigenvalue weighted by Crippen LogP contribution is -2.11. The molecule has 0 spiro atoms. The number of benzene rings is 1. The van der Waals surface area contributed by atoms with E-state index in [0.717, 1.165) is 0 Å². The number of ether oxygens (including phenoxy) is 1. The van der Waals surface area contributed by atoms with Crippen molar-refractivity contribution in [1.82, 2.24) is 0 Å². The Kier molecular flexibility index (Phi) is 4.98. The molecule has 0 fully saturated rings. The van der Waals surface area contributed by atoms with Gasteiger partial charge in [0, 0.05) is 12.5 Å². The average molecular weight is 251 g/mol. The maximum absolute atomic E-state index is 11.7. The van der Waals surface area contributed by atoms with Gasteiger partial charge in [-0.2, -0.15) is 0 Å². The number of nitrogens with zero attached hydrogens (tertiary/aromatic N) is 1. The summed E-state index contributed by atoms with van der Waals surface area (Å²) in [6.07, 6.45) is 1.18. The van der Waals surface area contributed by atoms with Crippen LogP contribution >= 0.6 is 0 Å². The molecule has 0 aromatic heterocycles. The summed E-state index contributed by atoms with van der Waals surface area (Å²) in [5.74, 6) is -0.731. The molecule has 0 radical (unpaired) electrons. The van der Waals surface area contributed by atoms with E-state index in [1.54, 1.807) is 13.0 Å². The second kappa shape index (κ2) is 6.48. The minimum atomic E-state index is -0.731. The Morgan fingerprint density at radius 3 is 2.78 bits per heavy atom. The topological polar surface area (TPSA) is 86.5 Å². The minimum absolute atomic E-state index is 0.0637.